The summed E-state index contributed by atoms with van der Waals surface area (Å²) in [6.07, 6.45) is 0. The van der Waals surface area contributed by atoms with Gasteiger partial charge in [-0.1, -0.05) is 29.8 Å². The van der Waals surface area contributed by atoms with Crippen molar-refractivity contribution in [3.05, 3.63) is 59.7 Å². The summed E-state index contributed by atoms with van der Waals surface area (Å²) in [7, 11) is -3.53. The lowest BCUT2D eigenvalue weighted by atomic mass is 10.1. The van der Waals surface area contributed by atoms with Crippen molar-refractivity contribution in [2.24, 2.45) is 5.10 Å². The quantitative estimate of drug-likeness (QED) is 0.535. The number of para-hydroxylation sites is 1. The highest BCUT2D eigenvalue weighted by Gasteiger charge is 2.28. The van der Waals surface area contributed by atoms with Gasteiger partial charge in [0.1, 0.15) is 5.75 Å². The van der Waals surface area contributed by atoms with Crippen LogP contribution in [0.15, 0.2) is 58.5 Å². The predicted molar refractivity (Wildman–Crippen MR) is 115 cm³/mol. The second kappa shape index (κ2) is 9.38. The van der Waals surface area contributed by atoms with Crippen LogP contribution in [0.5, 0.6) is 5.75 Å². The van der Waals surface area contributed by atoms with Gasteiger partial charge >= 0.3 is 0 Å². The van der Waals surface area contributed by atoms with Crippen LogP contribution in [-0.2, 0) is 14.8 Å². The third kappa shape index (κ3) is 5.24. The molecule has 8 nitrogen and oxygen atoms in total. The fourth-order valence-electron chi connectivity index (χ4n) is 3.21. The van der Waals surface area contributed by atoms with E-state index in [-0.39, 0.29) is 23.1 Å². The van der Waals surface area contributed by atoms with Crippen LogP contribution >= 0.6 is 0 Å². The molecule has 0 saturated carbocycles. The number of sulfonamides is 1. The average Bonchev–Trinajstić information content (AvgIpc) is 2.73. The molecule has 1 aliphatic heterocycles. The van der Waals surface area contributed by atoms with E-state index < -0.39 is 10.0 Å². The van der Waals surface area contributed by atoms with Crippen LogP contribution in [0.4, 0.5) is 0 Å². The molecule has 3 rings (SSSR count). The number of aromatic hydroxyl groups is 1. The second-order valence-electron chi connectivity index (χ2n) is 7.24. The number of nitrogens with zero attached hydrogens (tertiary/aromatic N) is 3. The molecule has 1 aliphatic rings. The summed E-state index contributed by atoms with van der Waals surface area (Å²) in [6.45, 7) is 5.29. The van der Waals surface area contributed by atoms with Crippen molar-refractivity contribution in [3.63, 3.8) is 0 Å². The molecule has 0 spiro atoms. The van der Waals surface area contributed by atoms with Crippen LogP contribution in [0.3, 0.4) is 0 Å². The minimum absolute atomic E-state index is 0.0962. The molecule has 2 aromatic rings. The van der Waals surface area contributed by atoms with Gasteiger partial charge in [-0.3, -0.25) is 9.69 Å². The van der Waals surface area contributed by atoms with Gasteiger partial charge in [-0.2, -0.15) is 9.41 Å². The Hall–Kier alpha value is -2.75. The van der Waals surface area contributed by atoms with E-state index in [0.717, 1.165) is 5.56 Å². The molecule has 1 heterocycles. The van der Waals surface area contributed by atoms with Crippen LogP contribution in [0.2, 0.25) is 0 Å². The van der Waals surface area contributed by atoms with Gasteiger partial charge in [-0.05, 0) is 38.1 Å². The summed E-state index contributed by atoms with van der Waals surface area (Å²) >= 11 is 0. The molecule has 2 aromatic carbocycles. The molecule has 1 saturated heterocycles. The number of amides is 1. The van der Waals surface area contributed by atoms with Crippen LogP contribution < -0.4 is 5.43 Å². The highest BCUT2D eigenvalue weighted by molar-refractivity contribution is 7.89. The second-order valence-corrected chi connectivity index (χ2v) is 9.18. The standard InChI is InChI=1S/C21H26N4O4S/c1-16-7-9-18(10-8-16)30(28,29)25-13-11-24(12-14-25)15-21(27)23-22-17(2)19-5-3-4-6-20(19)26/h3-10,26H,11-15H2,1-2H3,(H,23,27)/b22-17+. The number of carbonyl (C=O) groups is 1. The normalized spacial score (nSPS) is 16.4. The molecule has 9 heteroatoms. The number of phenols is 1. The first-order chi connectivity index (χ1) is 14.3. The summed E-state index contributed by atoms with van der Waals surface area (Å²) in [5, 5.41) is 13.9. The first kappa shape index (κ1) is 21.9. The number of hydrogen-bond acceptors (Lipinski definition) is 6. The number of phenolic OH excluding ortho intramolecular Hbond substituents is 1. The lowest BCUT2D eigenvalue weighted by Gasteiger charge is -2.33. The molecule has 0 aromatic heterocycles. The number of rotatable bonds is 6. The summed E-state index contributed by atoms with van der Waals surface area (Å²) in [4.78, 5) is 14.4. The minimum Gasteiger partial charge on any atom is -0.507 e. The van der Waals surface area contributed by atoms with E-state index in [0.29, 0.717) is 37.5 Å². The smallest absolute Gasteiger partial charge is 0.254 e. The number of aryl methyl sites for hydroxylation is 1. The number of hydrazone groups is 1. The van der Waals surface area contributed by atoms with E-state index >= 15 is 0 Å². The number of nitrogens with one attached hydrogen (secondary N) is 1. The number of piperazine rings is 1. The Labute approximate surface area is 176 Å². The Morgan fingerprint density at radius 3 is 2.33 bits per heavy atom. The van der Waals surface area contributed by atoms with E-state index in [1.165, 1.54) is 4.31 Å². The van der Waals surface area contributed by atoms with Gasteiger partial charge in [0.05, 0.1) is 17.2 Å². The lowest BCUT2D eigenvalue weighted by molar-refractivity contribution is -0.122. The molecular weight excluding hydrogens is 404 g/mol. The molecule has 160 valence electrons. The van der Waals surface area contributed by atoms with Crippen molar-refractivity contribution >= 4 is 21.6 Å². The van der Waals surface area contributed by atoms with Gasteiger partial charge in [0.2, 0.25) is 10.0 Å². The Kier molecular flexibility index (Phi) is 6.86. The molecule has 1 fully saturated rings. The SMILES string of the molecule is C/C(=N\NC(=O)CN1CCN(S(=O)(=O)c2ccc(C)cc2)CC1)c1ccccc1O. The maximum atomic E-state index is 12.8. The highest BCUT2D eigenvalue weighted by Crippen LogP contribution is 2.18. The van der Waals surface area contributed by atoms with Crippen molar-refractivity contribution < 1.29 is 18.3 Å². The highest BCUT2D eigenvalue weighted by atomic mass is 32.2. The van der Waals surface area contributed by atoms with Crippen molar-refractivity contribution in [3.8, 4) is 5.75 Å². The lowest BCUT2D eigenvalue weighted by Crippen LogP contribution is -2.50. The summed E-state index contributed by atoms with van der Waals surface area (Å²) in [5.41, 5.74) is 4.54. The third-order valence-corrected chi connectivity index (χ3v) is 6.91. The molecule has 0 aliphatic carbocycles. The molecule has 0 unspecified atom stereocenters. The first-order valence-corrected chi connectivity index (χ1v) is 11.1. The number of benzene rings is 2. The molecule has 0 radical (unpaired) electrons. The molecule has 30 heavy (non-hydrogen) atoms. The van der Waals surface area contributed by atoms with E-state index in [9.17, 15) is 18.3 Å². The zero-order valence-corrected chi connectivity index (χ0v) is 17.9. The molecule has 2 N–H and O–H groups in total. The Morgan fingerprint density at radius 1 is 1.07 bits per heavy atom. The van der Waals surface area contributed by atoms with Gasteiger partial charge in [0.15, 0.2) is 0 Å². The fourth-order valence-corrected chi connectivity index (χ4v) is 4.63. The van der Waals surface area contributed by atoms with Crippen LogP contribution in [0.1, 0.15) is 18.1 Å². The molecule has 0 bridgehead atoms. The van der Waals surface area contributed by atoms with E-state index in [1.54, 1.807) is 55.5 Å². The number of carbonyl (C=O) groups excluding carboxylic acids is 1. The van der Waals surface area contributed by atoms with Gasteiger partial charge in [-0.15, -0.1) is 0 Å². The maximum absolute atomic E-state index is 12.8. The Morgan fingerprint density at radius 2 is 1.70 bits per heavy atom. The zero-order valence-electron chi connectivity index (χ0n) is 17.1. The van der Waals surface area contributed by atoms with Crippen LogP contribution in [0.25, 0.3) is 0 Å². The van der Waals surface area contributed by atoms with Gasteiger partial charge < -0.3 is 5.11 Å². The zero-order chi connectivity index (χ0) is 21.7. The first-order valence-electron chi connectivity index (χ1n) is 9.68. The van der Waals surface area contributed by atoms with Gasteiger partial charge in [0, 0.05) is 31.7 Å². The van der Waals surface area contributed by atoms with Crippen molar-refractivity contribution in [2.45, 2.75) is 18.7 Å². The largest absolute Gasteiger partial charge is 0.507 e. The topological polar surface area (TPSA) is 102 Å². The number of hydrogen-bond donors (Lipinski definition) is 2. The van der Waals surface area contributed by atoms with Crippen LogP contribution in [-0.4, -0.2) is 67.1 Å². The summed E-state index contributed by atoms with van der Waals surface area (Å²) in [5.74, 6) is -0.196. The summed E-state index contributed by atoms with van der Waals surface area (Å²) < 4.78 is 27.0. The van der Waals surface area contributed by atoms with E-state index in [1.807, 2.05) is 11.8 Å². The fraction of sp³-hybridized carbons (Fsp3) is 0.333. The third-order valence-electron chi connectivity index (χ3n) is 5.00. The van der Waals surface area contributed by atoms with E-state index in [2.05, 4.69) is 10.5 Å². The summed E-state index contributed by atoms with van der Waals surface area (Å²) in [6, 6.07) is 13.6. The Balaban J connectivity index is 1.52. The Bertz CT molecular complexity index is 1030. The monoisotopic (exact) mass is 430 g/mol. The average molecular weight is 431 g/mol. The van der Waals surface area contributed by atoms with Crippen molar-refractivity contribution in [1.82, 2.24) is 14.6 Å². The van der Waals surface area contributed by atoms with Crippen LogP contribution in [0, 0.1) is 6.92 Å². The van der Waals surface area contributed by atoms with Crippen molar-refractivity contribution in [2.75, 3.05) is 32.7 Å². The molecule has 0 atom stereocenters. The molecule has 1 amide bonds. The van der Waals surface area contributed by atoms with Crippen molar-refractivity contribution in [1.29, 1.82) is 0 Å². The molecular formula is C21H26N4O4S. The minimum atomic E-state index is -3.53. The van der Waals surface area contributed by atoms with Gasteiger partial charge in [0.25, 0.3) is 5.91 Å². The maximum Gasteiger partial charge on any atom is 0.254 e. The van der Waals surface area contributed by atoms with E-state index in [4.69, 9.17) is 0 Å². The van der Waals surface area contributed by atoms with Gasteiger partial charge in [-0.25, -0.2) is 13.8 Å². The predicted octanol–water partition coefficient (Wildman–Crippen LogP) is 1.55.